The highest BCUT2D eigenvalue weighted by molar-refractivity contribution is 7.99. The first-order valence-electron chi connectivity index (χ1n) is 9.30. The van der Waals surface area contributed by atoms with Crippen molar-refractivity contribution < 1.29 is 17.6 Å². The number of halogens is 4. The number of aromatic nitrogens is 2. The van der Waals surface area contributed by atoms with E-state index in [0.717, 1.165) is 33.7 Å². The van der Waals surface area contributed by atoms with Crippen LogP contribution in [0.1, 0.15) is 16.0 Å². The number of thiophene rings is 1. The van der Waals surface area contributed by atoms with E-state index in [1.54, 1.807) is 12.1 Å². The molecule has 2 aromatic carbocycles. The van der Waals surface area contributed by atoms with Crippen molar-refractivity contribution >= 4 is 33.3 Å². The topological polar surface area (TPSA) is 45.8 Å². The molecule has 0 spiro atoms. The maximum absolute atomic E-state index is 13.3. The van der Waals surface area contributed by atoms with Gasteiger partial charge in [-0.15, -0.1) is 11.3 Å². The second-order valence-electron chi connectivity index (χ2n) is 6.88. The average molecular weight is 465 g/mol. The van der Waals surface area contributed by atoms with Gasteiger partial charge in [0.25, 0.3) is 5.56 Å². The smallest absolute Gasteiger partial charge is 0.301 e. The molecule has 0 aliphatic heterocycles. The molecule has 3 nitrogen and oxygen atoms in total. The molecule has 4 aromatic rings. The zero-order valence-corrected chi connectivity index (χ0v) is 17.8. The first-order chi connectivity index (χ1) is 14.7. The summed E-state index contributed by atoms with van der Waals surface area (Å²) < 4.78 is 51.2. The van der Waals surface area contributed by atoms with Gasteiger partial charge in [0, 0.05) is 16.2 Å². The van der Waals surface area contributed by atoms with Crippen LogP contribution in [0.15, 0.2) is 58.5 Å². The van der Waals surface area contributed by atoms with E-state index in [-0.39, 0.29) is 11.4 Å². The molecule has 0 radical (unpaired) electrons. The lowest BCUT2D eigenvalue weighted by Gasteiger charge is -2.07. The summed E-state index contributed by atoms with van der Waals surface area (Å²) in [6.45, 7) is 1.89. The van der Waals surface area contributed by atoms with Crippen molar-refractivity contribution in [3.63, 3.8) is 0 Å². The number of aryl methyl sites for hydroxylation is 2. The number of thioether (sulfide) groups is 1. The number of nitrogens with one attached hydrogen (secondary N) is 1. The SMILES string of the molecule is Cc1sc2nc(SCCc3ccc(C(F)(F)F)cc3)[nH]c(=O)c2c1-c1ccc(F)cc1. The Morgan fingerprint density at radius 1 is 1.06 bits per heavy atom. The molecule has 0 fully saturated rings. The summed E-state index contributed by atoms with van der Waals surface area (Å²) >= 11 is 2.73. The lowest BCUT2D eigenvalue weighted by molar-refractivity contribution is -0.137. The molecule has 4 rings (SSSR count). The number of hydrogen-bond donors (Lipinski definition) is 1. The van der Waals surface area contributed by atoms with Crippen LogP contribution in [0.3, 0.4) is 0 Å². The van der Waals surface area contributed by atoms with E-state index in [1.807, 2.05) is 6.92 Å². The van der Waals surface area contributed by atoms with Crippen LogP contribution in [0.25, 0.3) is 21.3 Å². The number of aromatic amines is 1. The lowest BCUT2D eigenvalue weighted by Crippen LogP contribution is -2.09. The second kappa shape index (κ2) is 8.47. The Morgan fingerprint density at radius 2 is 1.74 bits per heavy atom. The van der Waals surface area contributed by atoms with E-state index in [4.69, 9.17) is 0 Å². The average Bonchev–Trinajstić information content (AvgIpc) is 3.05. The van der Waals surface area contributed by atoms with Crippen LogP contribution in [0, 0.1) is 12.7 Å². The van der Waals surface area contributed by atoms with Crippen molar-refractivity contribution in [2.24, 2.45) is 0 Å². The monoisotopic (exact) mass is 464 g/mol. The van der Waals surface area contributed by atoms with Crippen LogP contribution >= 0.6 is 23.1 Å². The van der Waals surface area contributed by atoms with Gasteiger partial charge in [0.15, 0.2) is 5.16 Å². The molecular formula is C22H16F4N2OS2. The summed E-state index contributed by atoms with van der Waals surface area (Å²) in [4.78, 5) is 21.6. The Kier molecular flexibility index (Phi) is 5.90. The molecular weight excluding hydrogens is 448 g/mol. The van der Waals surface area contributed by atoms with Crippen LogP contribution in [-0.2, 0) is 12.6 Å². The molecule has 0 unspecified atom stereocenters. The van der Waals surface area contributed by atoms with Gasteiger partial charge in [0.1, 0.15) is 10.6 Å². The zero-order valence-electron chi connectivity index (χ0n) is 16.2. The highest BCUT2D eigenvalue weighted by atomic mass is 32.2. The van der Waals surface area contributed by atoms with E-state index in [1.165, 1.54) is 47.4 Å². The fourth-order valence-corrected chi connectivity index (χ4v) is 5.21. The van der Waals surface area contributed by atoms with E-state index < -0.39 is 11.7 Å². The minimum absolute atomic E-state index is 0.272. The predicted molar refractivity (Wildman–Crippen MR) is 116 cm³/mol. The molecule has 0 bridgehead atoms. The van der Waals surface area contributed by atoms with Crippen molar-refractivity contribution in [2.45, 2.75) is 24.7 Å². The standard InChI is InChI=1S/C22H16F4N2OS2/c1-12-17(14-4-8-16(23)9-5-14)18-19(29)27-21(28-20(18)31-12)30-11-10-13-2-6-15(7-3-13)22(24,25)26/h2-9H,10-11H2,1H3,(H,27,28,29). The molecule has 160 valence electrons. The third-order valence-electron chi connectivity index (χ3n) is 4.76. The van der Waals surface area contributed by atoms with Gasteiger partial charge in [0.2, 0.25) is 0 Å². The molecule has 0 saturated carbocycles. The maximum Gasteiger partial charge on any atom is 0.416 e. The molecule has 0 amide bonds. The molecule has 0 saturated heterocycles. The molecule has 1 N–H and O–H groups in total. The Bertz CT molecular complexity index is 1280. The van der Waals surface area contributed by atoms with Crippen molar-refractivity contribution in [1.82, 2.24) is 9.97 Å². The van der Waals surface area contributed by atoms with Gasteiger partial charge in [-0.25, -0.2) is 9.37 Å². The summed E-state index contributed by atoms with van der Waals surface area (Å²) in [5.41, 5.74) is 1.32. The van der Waals surface area contributed by atoms with E-state index in [2.05, 4.69) is 9.97 Å². The normalized spacial score (nSPS) is 11.9. The summed E-state index contributed by atoms with van der Waals surface area (Å²) in [6, 6.07) is 11.0. The van der Waals surface area contributed by atoms with Gasteiger partial charge >= 0.3 is 6.18 Å². The van der Waals surface area contributed by atoms with Gasteiger partial charge in [0.05, 0.1) is 10.9 Å². The number of hydrogen-bond acceptors (Lipinski definition) is 4. The number of nitrogens with zero attached hydrogens (tertiary/aromatic N) is 1. The molecule has 0 atom stereocenters. The number of benzene rings is 2. The zero-order chi connectivity index (χ0) is 22.2. The van der Waals surface area contributed by atoms with E-state index >= 15 is 0 Å². The van der Waals surface area contributed by atoms with Gasteiger partial charge in [-0.2, -0.15) is 13.2 Å². The predicted octanol–water partition coefficient (Wildman–Crippen LogP) is 6.45. The van der Waals surface area contributed by atoms with Crippen LogP contribution in [-0.4, -0.2) is 15.7 Å². The van der Waals surface area contributed by atoms with Gasteiger partial charge < -0.3 is 4.98 Å². The maximum atomic E-state index is 13.3. The van der Waals surface area contributed by atoms with Crippen molar-refractivity contribution in [1.29, 1.82) is 0 Å². The van der Waals surface area contributed by atoms with E-state index in [9.17, 15) is 22.4 Å². The highest BCUT2D eigenvalue weighted by Crippen LogP contribution is 2.36. The fourth-order valence-electron chi connectivity index (χ4n) is 3.26. The Labute approximate surface area is 183 Å². The summed E-state index contributed by atoms with van der Waals surface area (Å²) in [5.74, 6) is 0.203. The van der Waals surface area contributed by atoms with Crippen molar-refractivity contribution in [2.75, 3.05) is 5.75 Å². The molecule has 2 aromatic heterocycles. The minimum atomic E-state index is -4.35. The molecule has 2 heterocycles. The first kappa shape index (κ1) is 21.6. The summed E-state index contributed by atoms with van der Waals surface area (Å²) in [7, 11) is 0. The third kappa shape index (κ3) is 4.67. The van der Waals surface area contributed by atoms with Gasteiger partial charge in [-0.3, -0.25) is 4.79 Å². The fraction of sp³-hybridized carbons (Fsp3) is 0.182. The quantitative estimate of drug-likeness (QED) is 0.210. The Balaban J connectivity index is 1.52. The third-order valence-corrected chi connectivity index (χ3v) is 6.63. The minimum Gasteiger partial charge on any atom is -0.301 e. The molecule has 31 heavy (non-hydrogen) atoms. The van der Waals surface area contributed by atoms with Gasteiger partial charge in [-0.05, 0) is 48.7 Å². The van der Waals surface area contributed by atoms with E-state index in [0.29, 0.717) is 27.5 Å². The number of alkyl halides is 3. The Hall–Kier alpha value is -2.65. The molecule has 0 aliphatic carbocycles. The molecule has 0 aliphatic rings. The largest absolute Gasteiger partial charge is 0.416 e. The van der Waals surface area contributed by atoms with Crippen molar-refractivity contribution in [3.8, 4) is 11.1 Å². The lowest BCUT2D eigenvalue weighted by atomic mass is 10.0. The number of H-pyrrole nitrogens is 1. The van der Waals surface area contributed by atoms with Crippen LogP contribution < -0.4 is 5.56 Å². The summed E-state index contributed by atoms with van der Waals surface area (Å²) in [5, 5.41) is 0.928. The summed E-state index contributed by atoms with van der Waals surface area (Å²) in [6.07, 6.45) is -3.81. The highest BCUT2D eigenvalue weighted by Gasteiger charge is 2.29. The van der Waals surface area contributed by atoms with Crippen LogP contribution in [0.2, 0.25) is 0 Å². The number of rotatable bonds is 5. The van der Waals surface area contributed by atoms with Crippen LogP contribution in [0.4, 0.5) is 17.6 Å². The number of fused-ring (bicyclic) bond motifs is 1. The molecule has 9 heteroatoms. The Morgan fingerprint density at radius 3 is 2.39 bits per heavy atom. The second-order valence-corrected chi connectivity index (χ2v) is 9.17. The van der Waals surface area contributed by atoms with Crippen LogP contribution in [0.5, 0.6) is 0 Å². The first-order valence-corrected chi connectivity index (χ1v) is 11.1. The van der Waals surface area contributed by atoms with Gasteiger partial charge in [-0.1, -0.05) is 36.0 Å². The van der Waals surface area contributed by atoms with Crippen molar-refractivity contribution in [3.05, 3.63) is 80.7 Å².